The van der Waals surface area contributed by atoms with Crippen molar-refractivity contribution in [3.63, 3.8) is 0 Å². The van der Waals surface area contributed by atoms with E-state index in [1.165, 1.54) is 28.6 Å². The number of pyridine rings is 1. The second kappa shape index (κ2) is 7.81. The number of halogens is 4. The monoisotopic (exact) mass is 403 g/mol. The molecule has 1 aliphatic heterocycles. The molecule has 1 aromatic heterocycles. The van der Waals surface area contributed by atoms with Crippen molar-refractivity contribution in [2.24, 2.45) is 0 Å². The normalized spacial score (nSPS) is 15.7. The van der Waals surface area contributed by atoms with Crippen LogP contribution in [-0.2, 0) is 16.6 Å². The van der Waals surface area contributed by atoms with E-state index in [2.05, 4.69) is 10.3 Å². The van der Waals surface area contributed by atoms with Crippen LogP contribution in [0.4, 0.5) is 23.2 Å². The van der Waals surface area contributed by atoms with Gasteiger partial charge in [0.2, 0.25) is 21.7 Å². The van der Waals surface area contributed by atoms with Crippen LogP contribution >= 0.6 is 0 Å². The van der Waals surface area contributed by atoms with Gasteiger partial charge in [-0.05, 0) is 30.5 Å². The zero-order valence-electron chi connectivity index (χ0n) is 14.2. The van der Waals surface area contributed by atoms with Gasteiger partial charge < -0.3 is 5.32 Å². The summed E-state index contributed by atoms with van der Waals surface area (Å²) < 4.78 is 80.4. The van der Waals surface area contributed by atoms with Crippen molar-refractivity contribution in [1.29, 1.82) is 0 Å². The lowest BCUT2D eigenvalue weighted by molar-refractivity contribution is 0.346. The van der Waals surface area contributed by atoms with Crippen LogP contribution in [0.5, 0.6) is 0 Å². The zero-order chi connectivity index (χ0) is 19.6. The van der Waals surface area contributed by atoms with Gasteiger partial charge in [0.05, 0.1) is 4.90 Å². The Balaban J connectivity index is 1.81. The number of sulfonamides is 1. The van der Waals surface area contributed by atoms with E-state index in [0.29, 0.717) is 18.7 Å². The molecule has 0 amide bonds. The summed E-state index contributed by atoms with van der Waals surface area (Å²) >= 11 is 0. The number of benzene rings is 1. The van der Waals surface area contributed by atoms with Gasteiger partial charge in [-0.1, -0.05) is 18.6 Å². The van der Waals surface area contributed by atoms with Gasteiger partial charge in [-0.3, -0.25) is 0 Å². The van der Waals surface area contributed by atoms with E-state index in [1.54, 1.807) is 0 Å². The molecule has 1 aromatic carbocycles. The molecular weight excluding hydrogens is 386 g/mol. The maximum absolute atomic E-state index is 13.6. The van der Waals surface area contributed by atoms with Crippen molar-refractivity contribution in [3.05, 3.63) is 53.4 Å². The summed E-state index contributed by atoms with van der Waals surface area (Å²) in [5, 5.41) is 2.26. The smallest absolute Gasteiger partial charge is 0.253 e. The molecule has 0 radical (unpaired) electrons. The molecule has 5 nitrogen and oxygen atoms in total. The third-order valence-corrected chi connectivity index (χ3v) is 6.21. The maximum Gasteiger partial charge on any atom is 0.253 e. The highest BCUT2D eigenvalue weighted by molar-refractivity contribution is 7.89. The summed E-state index contributed by atoms with van der Waals surface area (Å²) in [7, 11) is -3.67. The quantitative estimate of drug-likeness (QED) is 0.614. The molecule has 146 valence electrons. The minimum absolute atomic E-state index is 0.0525. The largest absolute Gasteiger partial charge is 0.376 e. The Labute approximate surface area is 154 Å². The molecule has 0 unspecified atom stereocenters. The summed E-state index contributed by atoms with van der Waals surface area (Å²) in [6.07, 6.45) is 2.56. The lowest BCUT2D eigenvalue weighted by Crippen LogP contribution is -2.35. The Bertz CT molecular complexity index is 921. The van der Waals surface area contributed by atoms with E-state index in [-0.39, 0.29) is 11.4 Å². The van der Waals surface area contributed by atoms with Crippen molar-refractivity contribution in [1.82, 2.24) is 9.29 Å². The van der Waals surface area contributed by atoms with Crippen molar-refractivity contribution in [2.75, 3.05) is 18.4 Å². The number of hydrogen-bond donors (Lipinski definition) is 1. The Hall–Kier alpha value is -2.20. The van der Waals surface area contributed by atoms with Gasteiger partial charge in [-0.2, -0.15) is 26.9 Å². The van der Waals surface area contributed by atoms with E-state index in [9.17, 15) is 26.0 Å². The van der Waals surface area contributed by atoms with Crippen molar-refractivity contribution in [2.45, 2.75) is 30.7 Å². The van der Waals surface area contributed by atoms with Gasteiger partial charge in [0.1, 0.15) is 5.69 Å². The number of anilines is 1. The Kier molecular flexibility index (Phi) is 5.66. The standard InChI is InChI=1S/C17H17F4N3O2S/c18-13-15(14(19)17(21)23-16(13)20)22-10-11-5-4-6-12(9-11)27(25,26)24-7-2-1-3-8-24/h4-6,9H,1-3,7-8,10H2,(H,22,23). The number of aromatic nitrogens is 1. The minimum Gasteiger partial charge on any atom is -0.376 e. The fourth-order valence-electron chi connectivity index (χ4n) is 2.90. The topological polar surface area (TPSA) is 62.3 Å². The van der Waals surface area contributed by atoms with Gasteiger partial charge in [-0.25, -0.2) is 8.42 Å². The van der Waals surface area contributed by atoms with Crippen molar-refractivity contribution in [3.8, 4) is 0 Å². The lowest BCUT2D eigenvalue weighted by Gasteiger charge is -2.26. The average Bonchev–Trinajstić information content (AvgIpc) is 2.67. The highest BCUT2D eigenvalue weighted by Crippen LogP contribution is 2.24. The predicted molar refractivity (Wildman–Crippen MR) is 90.4 cm³/mol. The molecular formula is C17H17F4N3O2S. The molecule has 1 aliphatic rings. The van der Waals surface area contributed by atoms with Crippen LogP contribution in [0.3, 0.4) is 0 Å². The SMILES string of the molecule is O=S(=O)(c1cccc(CNc2c(F)c(F)nc(F)c2F)c1)N1CCCCC1. The fraction of sp³-hybridized carbons (Fsp3) is 0.353. The van der Waals surface area contributed by atoms with Crippen LogP contribution < -0.4 is 5.32 Å². The highest BCUT2D eigenvalue weighted by atomic mass is 32.2. The average molecular weight is 403 g/mol. The number of hydrogen-bond acceptors (Lipinski definition) is 4. The predicted octanol–water partition coefficient (Wildman–Crippen LogP) is 3.42. The molecule has 0 aliphatic carbocycles. The number of piperidine rings is 1. The van der Waals surface area contributed by atoms with E-state index in [4.69, 9.17) is 0 Å². The molecule has 1 fully saturated rings. The van der Waals surface area contributed by atoms with Crippen LogP contribution in [0, 0.1) is 23.5 Å². The van der Waals surface area contributed by atoms with Crippen LogP contribution in [0.2, 0.25) is 0 Å². The summed E-state index contributed by atoms with van der Waals surface area (Å²) in [5.41, 5.74) is -0.617. The van der Waals surface area contributed by atoms with Crippen LogP contribution in [-0.4, -0.2) is 30.8 Å². The zero-order valence-corrected chi connectivity index (χ0v) is 15.0. The number of rotatable bonds is 5. The Morgan fingerprint density at radius 1 is 1.00 bits per heavy atom. The van der Waals surface area contributed by atoms with E-state index < -0.39 is 39.2 Å². The van der Waals surface area contributed by atoms with Crippen LogP contribution in [0.1, 0.15) is 24.8 Å². The molecule has 2 heterocycles. The summed E-state index contributed by atoms with van der Waals surface area (Å²) in [6, 6.07) is 5.82. The van der Waals surface area contributed by atoms with Gasteiger partial charge in [0.15, 0.2) is 0 Å². The summed E-state index contributed by atoms with van der Waals surface area (Å²) in [5.74, 6) is -6.83. The van der Waals surface area contributed by atoms with Gasteiger partial charge in [0, 0.05) is 19.6 Å². The van der Waals surface area contributed by atoms with Crippen LogP contribution in [0.15, 0.2) is 29.2 Å². The van der Waals surface area contributed by atoms with E-state index >= 15 is 0 Å². The van der Waals surface area contributed by atoms with Crippen LogP contribution in [0.25, 0.3) is 0 Å². The highest BCUT2D eigenvalue weighted by Gasteiger charge is 2.26. The van der Waals surface area contributed by atoms with Gasteiger partial charge in [-0.15, -0.1) is 0 Å². The number of nitrogens with one attached hydrogen (secondary N) is 1. The van der Waals surface area contributed by atoms with Crippen molar-refractivity contribution < 1.29 is 26.0 Å². The second-order valence-electron chi connectivity index (χ2n) is 6.16. The Morgan fingerprint density at radius 2 is 1.63 bits per heavy atom. The van der Waals surface area contributed by atoms with Gasteiger partial charge >= 0.3 is 0 Å². The molecule has 0 bridgehead atoms. The first-order valence-electron chi connectivity index (χ1n) is 8.33. The third-order valence-electron chi connectivity index (χ3n) is 4.32. The molecule has 3 rings (SSSR count). The fourth-order valence-corrected chi connectivity index (χ4v) is 4.49. The summed E-state index contributed by atoms with van der Waals surface area (Å²) in [6.45, 7) is 0.647. The molecule has 10 heteroatoms. The lowest BCUT2D eigenvalue weighted by atomic mass is 10.2. The molecule has 0 saturated carbocycles. The number of nitrogens with zero attached hydrogens (tertiary/aromatic N) is 2. The molecule has 0 spiro atoms. The van der Waals surface area contributed by atoms with Gasteiger partial charge in [0.25, 0.3) is 11.9 Å². The van der Waals surface area contributed by atoms with Crippen molar-refractivity contribution >= 4 is 15.7 Å². The molecule has 27 heavy (non-hydrogen) atoms. The molecule has 1 N–H and O–H groups in total. The third kappa shape index (κ3) is 4.06. The second-order valence-corrected chi connectivity index (χ2v) is 8.10. The Morgan fingerprint density at radius 3 is 2.26 bits per heavy atom. The molecule has 0 atom stereocenters. The maximum atomic E-state index is 13.6. The molecule has 2 aromatic rings. The first-order chi connectivity index (χ1) is 12.8. The summed E-state index contributed by atoms with van der Waals surface area (Å²) in [4.78, 5) is 2.53. The van der Waals surface area contributed by atoms with E-state index in [0.717, 1.165) is 19.3 Å². The first kappa shape index (κ1) is 19.6. The molecule has 1 saturated heterocycles. The van der Waals surface area contributed by atoms with E-state index in [1.807, 2.05) is 0 Å². The first-order valence-corrected chi connectivity index (χ1v) is 9.77. The minimum atomic E-state index is -3.67.